The van der Waals surface area contributed by atoms with Gasteiger partial charge >= 0.3 is 0 Å². The Morgan fingerprint density at radius 2 is 1.89 bits per heavy atom. The monoisotopic (exact) mass is 622 g/mol. The standard InChI is InChI=1S/C28H24Br2N4O3/c1-28(2,3)27-33-23-10-9-20(29)13-21(23)26(35)34(27)32-15-17-11-22(30)25(24(12-17)36-4)37-16-19-8-6-5-7-18(19)14-31/h5-13,15H,16H2,1-4H3. The van der Waals surface area contributed by atoms with E-state index in [1.807, 2.05) is 57.2 Å². The van der Waals surface area contributed by atoms with Crippen LogP contribution >= 0.6 is 31.9 Å². The summed E-state index contributed by atoms with van der Waals surface area (Å²) in [7, 11) is 1.55. The van der Waals surface area contributed by atoms with Crippen molar-refractivity contribution >= 4 is 49.0 Å². The van der Waals surface area contributed by atoms with E-state index in [0.29, 0.717) is 43.8 Å². The second-order valence-electron chi connectivity index (χ2n) is 9.30. The molecule has 0 aliphatic carbocycles. The number of nitriles is 1. The van der Waals surface area contributed by atoms with E-state index in [2.05, 4.69) is 43.0 Å². The molecule has 0 radical (unpaired) electrons. The second kappa shape index (κ2) is 10.9. The van der Waals surface area contributed by atoms with Crippen molar-refractivity contribution < 1.29 is 9.47 Å². The number of hydrogen-bond donors (Lipinski definition) is 0. The fraction of sp³-hybridized carbons (Fsp3) is 0.214. The topological polar surface area (TPSA) is 89.5 Å². The lowest BCUT2D eigenvalue weighted by Gasteiger charge is -2.21. The molecule has 0 saturated carbocycles. The molecule has 7 nitrogen and oxygen atoms in total. The first kappa shape index (κ1) is 26.6. The molecule has 37 heavy (non-hydrogen) atoms. The van der Waals surface area contributed by atoms with Gasteiger partial charge in [-0.15, -0.1) is 0 Å². The van der Waals surface area contributed by atoms with Crippen LogP contribution < -0.4 is 15.0 Å². The Hall–Kier alpha value is -3.48. The lowest BCUT2D eigenvalue weighted by Crippen LogP contribution is -2.29. The van der Waals surface area contributed by atoms with Crippen LogP contribution in [0.1, 0.15) is 43.3 Å². The molecule has 0 unspecified atom stereocenters. The molecule has 1 aromatic heterocycles. The van der Waals surface area contributed by atoms with Crippen molar-refractivity contribution in [1.29, 1.82) is 5.26 Å². The first-order valence-corrected chi connectivity index (χ1v) is 13.0. The van der Waals surface area contributed by atoms with Crippen molar-refractivity contribution in [3.05, 3.63) is 96.4 Å². The Kier molecular flexibility index (Phi) is 7.81. The third kappa shape index (κ3) is 5.76. The molecule has 0 aliphatic rings. The number of hydrogen-bond acceptors (Lipinski definition) is 6. The minimum atomic E-state index is -0.423. The predicted octanol–water partition coefficient (Wildman–Crippen LogP) is 6.56. The molecule has 0 atom stereocenters. The molecule has 9 heteroatoms. The Morgan fingerprint density at radius 3 is 2.59 bits per heavy atom. The van der Waals surface area contributed by atoms with E-state index < -0.39 is 5.41 Å². The molecule has 4 rings (SSSR count). The van der Waals surface area contributed by atoms with E-state index >= 15 is 0 Å². The quantitative estimate of drug-likeness (QED) is 0.227. The van der Waals surface area contributed by atoms with E-state index in [4.69, 9.17) is 14.5 Å². The van der Waals surface area contributed by atoms with Crippen molar-refractivity contribution in [3.8, 4) is 17.6 Å². The minimum Gasteiger partial charge on any atom is -0.493 e. The normalized spacial score (nSPS) is 11.6. The molecular formula is C28H24Br2N4O3. The van der Waals surface area contributed by atoms with E-state index in [1.54, 1.807) is 31.5 Å². The summed E-state index contributed by atoms with van der Waals surface area (Å²) in [5.41, 5.74) is 1.96. The summed E-state index contributed by atoms with van der Waals surface area (Å²) in [5, 5.41) is 14.3. The number of benzene rings is 3. The number of fused-ring (bicyclic) bond motifs is 1. The minimum absolute atomic E-state index is 0.203. The SMILES string of the molecule is COc1cc(C=Nn2c(C(C)(C)C)nc3ccc(Br)cc3c2=O)cc(Br)c1OCc1ccccc1C#N. The highest BCUT2D eigenvalue weighted by Crippen LogP contribution is 2.37. The number of nitrogens with zero attached hydrogens (tertiary/aromatic N) is 4. The largest absolute Gasteiger partial charge is 0.493 e. The average Bonchev–Trinajstić information content (AvgIpc) is 2.87. The number of ether oxygens (including phenoxy) is 2. The zero-order valence-corrected chi connectivity index (χ0v) is 23.9. The summed E-state index contributed by atoms with van der Waals surface area (Å²) in [6.07, 6.45) is 1.59. The maximum atomic E-state index is 13.4. The lowest BCUT2D eigenvalue weighted by molar-refractivity contribution is 0.282. The summed E-state index contributed by atoms with van der Waals surface area (Å²) in [6, 6.07) is 18.5. The Labute approximate surface area is 231 Å². The van der Waals surface area contributed by atoms with Crippen LogP contribution in [0, 0.1) is 11.3 Å². The van der Waals surface area contributed by atoms with E-state index in [0.717, 1.165) is 10.0 Å². The number of aromatic nitrogens is 2. The van der Waals surface area contributed by atoms with Gasteiger partial charge in [0.15, 0.2) is 11.5 Å². The molecule has 3 aromatic carbocycles. The third-order valence-corrected chi connectivity index (χ3v) is 6.65. The van der Waals surface area contributed by atoms with Gasteiger partial charge in [-0.25, -0.2) is 4.98 Å². The lowest BCUT2D eigenvalue weighted by atomic mass is 9.95. The van der Waals surface area contributed by atoms with Gasteiger partial charge in [-0.1, -0.05) is 54.9 Å². The van der Waals surface area contributed by atoms with Crippen LogP contribution in [0.5, 0.6) is 11.5 Å². The van der Waals surface area contributed by atoms with Crippen LogP contribution in [0.2, 0.25) is 0 Å². The zero-order chi connectivity index (χ0) is 26.7. The van der Waals surface area contributed by atoms with Crippen LogP contribution in [0.4, 0.5) is 0 Å². The number of halogens is 2. The molecule has 0 bridgehead atoms. The Balaban J connectivity index is 1.72. The van der Waals surface area contributed by atoms with Gasteiger partial charge in [-0.05, 0) is 57.9 Å². The van der Waals surface area contributed by atoms with Crippen LogP contribution in [0.3, 0.4) is 0 Å². The molecule has 0 spiro atoms. The molecule has 1 heterocycles. The van der Waals surface area contributed by atoms with Gasteiger partial charge in [0.25, 0.3) is 5.56 Å². The first-order chi connectivity index (χ1) is 17.6. The summed E-state index contributed by atoms with van der Waals surface area (Å²) in [5.74, 6) is 1.53. The van der Waals surface area contributed by atoms with Gasteiger partial charge in [-0.3, -0.25) is 4.79 Å². The number of rotatable bonds is 6. The van der Waals surface area contributed by atoms with Gasteiger partial charge in [-0.2, -0.15) is 15.0 Å². The summed E-state index contributed by atoms with van der Waals surface area (Å²) in [4.78, 5) is 18.1. The van der Waals surface area contributed by atoms with Crippen molar-refractivity contribution in [1.82, 2.24) is 9.66 Å². The molecule has 4 aromatic rings. The molecule has 0 aliphatic heterocycles. The van der Waals surface area contributed by atoms with Crippen molar-refractivity contribution in [2.75, 3.05) is 7.11 Å². The molecule has 0 N–H and O–H groups in total. The first-order valence-electron chi connectivity index (χ1n) is 11.4. The van der Waals surface area contributed by atoms with E-state index in [1.165, 1.54) is 4.68 Å². The number of methoxy groups -OCH3 is 1. The zero-order valence-electron chi connectivity index (χ0n) is 20.8. The van der Waals surface area contributed by atoms with Gasteiger partial charge in [0.2, 0.25) is 0 Å². The fourth-order valence-electron chi connectivity index (χ4n) is 3.73. The molecule has 0 fully saturated rings. The summed E-state index contributed by atoms with van der Waals surface area (Å²) >= 11 is 6.99. The Bertz CT molecular complexity index is 1620. The van der Waals surface area contributed by atoms with Crippen molar-refractivity contribution in [2.24, 2.45) is 5.10 Å². The van der Waals surface area contributed by atoms with Gasteiger partial charge in [0.05, 0.1) is 40.3 Å². The fourth-order valence-corrected chi connectivity index (χ4v) is 4.66. The molecule has 188 valence electrons. The van der Waals surface area contributed by atoms with Crippen molar-refractivity contribution in [2.45, 2.75) is 32.8 Å². The van der Waals surface area contributed by atoms with E-state index in [-0.39, 0.29) is 12.2 Å². The van der Waals surface area contributed by atoms with Gasteiger partial charge in [0.1, 0.15) is 12.4 Å². The average molecular weight is 624 g/mol. The van der Waals surface area contributed by atoms with Gasteiger partial charge < -0.3 is 9.47 Å². The van der Waals surface area contributed by atoms with Crippen molar-refractivity contribution in [3.63, 3.8) is 0 Å². The Morgan fingerprint density at radius 1 is 1.14 bits per heavy atom. The maximum Gasteiger partial charge on any atom is 0.282 e. The highest BCUT2D eigenvalue weighted by molar-refractivity contribution is 9.10. The van der Waals surface area contributed by atoms with E-state index in [9.17, 15) is 10.1 Å². The van der Waals surface area contributed by atoms with Crippen LogP contribution in [0.25, 0.3) is 10.9 Å². The maximum absolute atomic E-state index is 13.4. The van der Waals surface area contributed by atoms with Crippen LogP contribution in [-0.4, -0.2) is 23.0 Å². The second-order valence-corrected chi connectivity index (χ2v) is 11.1. The third-order valence-electron chi connectivity index (χ3n) is 5.56. The molecule has 0 amide bonds. The summed E-state index contributed by atoms with van der Waals surface area (Å²) in [6.45, 7) is 6.17. The van der Waals surface area contributed by atoms with Crippen LogP contribution in [0.15, 0.2) is 73.4 Å². The van der Waals surface area contributed by atoms with Crippen LogP contribution in [-0.2, 0) is 12.0 Å². The predicted molar refractivity (Wildman–Crippen MR) is 152 cm³/mol. The summed E-state index contributed by atoms with van der Waals surface area (Å²) < 4.78 is 14.4. The smallest absolute Gasteiger partial charge is 0.282 e. The molecule has 0 saturated heterocycles. The highest BCUT2D eigenvalue weighted by atomic mass is 79.9. The highest BCUT2D eigenvalue weighted by Gasteiger charge is 2.23. The molecular weight excluding hydrogens is 600 g/mol. The van der Waals surface area contributed by atoms with Gasteiger partial charge in [0, 0.05) is 15.5 Å².